The molecule has 20 heavy (non-hydrogen) atoms. The number of benzene rings is 1. The van der Waals surface area contributed by atoms with Gasteiger partial charge in [0.25, 0.3) is 0 Å². The second-order valence-electron chi connectivity index (χ2n) is 5.71. The molecule has 0 atom stereocenters. The Hall–Kier alpha value is -1.61. The van der Waals surface area contributed by atoms with Crippen molar-refractivity contribution in [3.63, 3.8) is 0 Å². The van der Waals surface area contributed by atoms with Gasteiger partial charge in [-0.05, 0) is 38.7 Å². The van der Waals surface area contributed by atoms with E-state index in [1.54, 1.807) is 0 Å². The van der Waals surface area contributed by atoms with E-state index in [0.717, 1.165) is 41.6 Å². The van der Waals surface area contributed by atoms with Crippen LogP contribution in [0.4, 0.5) is 0 Å². The SMILES string of the molecule is CCOC1CC(CC(=O)c2c(C)[nH]c3ccccc23)C1. The Labute approximate surface area is 119 Å². The van der Waals surface area contributed by atoms with Crippen LogP contribution in [0.5, 0.6) is 0 Å². The molecule has 1 aromatic heterocycles. The molecule has 1 fully saturated rings. The molecule has 2 aromatic rings. The number of Topliss-reactive ketones (excluding diaryl/α,β-unsaturated/α-hetero) is 1. The zero-order valence-electron chi connectivity index (χ0n) is 12.1. The van der Waals surface area contributed by atoms with Crippen LogP contribution in [0.2, 0.25) is 0 Å². The molecule has 0 unspecified atom stereocenters. The van der Waals surface area contributed by atoms with Gasteiger partial charge in [-0.3, -0.25) is 4.79 Å². The highest BCUT2D eigenvalue weighted by Gasteiger charge is 2.32. The number of hydrogen-bond acceptors (Lipinski definition) is 2. The van der Waals surface area contributed by atoms with Crippen molar-refractivity contribution in [2.75, 3.05) is 6.61 Å². The first kappa shape index (κ1) is 13.4. The Morgan fingerprint density at radius 2 is 2.10 bits per heavy atom. The second-order valence-corrected chi connectivity index (χ2v) is 5.71. The van der Waals surface area contributed by atoms with Crippen LogP contribution in [0, 0.1) is 12.8 Å². The number of rotatable bonds is 5. The lowest BCUT2D eigenvalue weighted by molar-refractivity contribution is -0.0246. The minimum atomic E-state index is 0.264. The molecule has 0 aliphatic heterocycles. The first-order valence-electron chi connectivity index (χ1n) is 7.41. The third-order valence-corrected chi connectivity index (χ3v) is 4.24. The third-order valence-electron chi connectivity index (χ3n) is 4.24. The van der Waals surface area contributed by atoms with Crippen LogP contribution >= 0.6 is 0 Å². The molecule has 1 heterocycles. The molecule has 0 bridgehead atoms. The lowest BCUT2D eigenvalue weighted by atomic mass is 9.78. The molecule has 0 amide bonds. The van der Waals surface area contributed by atoms with Crippen LogP contribution in [-0.4, -0.2) is 23.5 Å². The largest absolute Gasteiger partial charge is 0.378 e. The number of ketones is 1. The van der Waals surface area contributed by atoms with Crippen molar-refractivity contribution in [3.8, 4) is 0 Å². The lowest BCUT2D eigenvalue weighted by Gasteiger charge is -2.34. The van der Waals surface area contributed by atoms with Crippen LogP contribution < -0.4 is 0 Å². The van der Waals surface area contributed by atoms with Gasteiger partial charge in [-0.1, -0.05) is 18.2 Å². The predicted molar refractivity (Wildman–Crippen MR) is 80.1 cm³/mol. The van der Waals surface area contributed by atoms with E-state index in [9.17, 15) is 4.79 Å². The summed E-state index contributed by atoms with van der Waals surface area (Å²) in [6.07, 6.45) is 3.08. The van der Waals surface area contributed by atoms with Gasteiger partial charge in [-0.15, -0.1) is 0 Å². The Morgan fingerprint density at radius 3 is 2.85 bits per heavy atom. The topological polar surface area (TPSA) is 42.1 Å². The summed E-state index contributed by atoms with van der Waals surface area (Å²) in [5, 5.41) is 1.05. The molecule has 106 valence electrons. The summed E-state index contributed by atoms with van der Waals surface area (Å²) in [5.74, 6) is 0.756. The molecule has 1 aliphatic rings. The molecule has 3 heteroatoms. The van der Waals surface area contributed by atoms with Crippen molar-refractivity contribution in [2.45, 2.75) is 39.2 Å². The van der Waals surface area contributed by atoms with E-state index < -0.39 is 0 Å². The van der Waals surface area contributed by atoms with E-state index >= 15 is 0 Å². The van der Waals surface area contributed by atoms with Gasteiger partial charge in [0.1, 0.15) is 0 Å². The fourth-order valence-corrected chi connectivity index (χ4v) is 3.21. The predicted octanol–water partition coefficient (Wildman–Crippen LogP) is 3.86. The number of hydrogen-bond donors (Lipinski definition) is 1. The Kier molecular flexibility index (Phi) is 3.62. The molecule has 0 radical (unpaired) electrons. The smallest absolute Gasteiger partial charge is 0.165 e. The van der Waals surface area contributed by atoms with Crippen molar-refractivity contribution in [1.29, 1.82) is 0 Å². The van der Waals surface area contributed by atoms with Gasteiger partial charge in [0.2, 0.25) is 0 Å². The number of para-hydroxylation sites is 1. The highest BCUT2D eigenvalue weighted by molar-refractivity contribution is 6.09. The number of ether oxygens (including phenoxy) is 1. The van der Waals surface area contributed by atoms with Crippen molar-refractivity contribution in [2.24, 2.45) is 5.92 Å². The molecule has 1 aliphatic carbocycles. The Balaban J connectivity index is 1.72. The average molecular weight is 271 g/mol. The van der Waals surface area contributed by atoms with Crippen molar-refractivity contribution < 1.29 is 9.53 Å². The molecule has 1 N–H and O–H groups in total. The van der Waals surface area contributed by atoms with Crippen LogP contribution in [-0.2, 0) is 4.74 Å². The number of aryl methyl sites for hydroxylation is 1. The summed E-state index contributed by atoms with van der Waals surface area (Å²) in [6.45, 7) is 4.78. The second kappa shape index (κ2) is 5.41. The zero-order valence-corrected chi connectivity index (χ0v) is 12.1. The fourth-order valence-electron chi connectivity index (χ4n) is 3.21. The van der Waals surface area contributed by atoms with Gasteiger partial charge in [0, 0.05) is 35.2 Å². The molecule has 1 saturated carbocycles. The molecule has 1 aromatic carbocycles. The van der Waals surface area contributed by atoms with Gasteiger partial charge >= 0.3 is 0 Å². The number of aromatic nitrogens is 1. The van der Waals surface area contributed by atoms with Gasteiger partial charge in [-0.2, -0.15) is 0 Å². The highest BCUT2D eigenvalue weighted by atomic mass is 16.5. The summed E-state index contributed by atoms with van der Waals surface area (Å²) in [4.78, 5) is 15.8. The molecule has 0 spiro atoms. The van der Waals surface area contributed by atoms with Gasteiger partial charge in [0.05, 0.1) is 6.10 Å². The highest BCUT2D eigenvalue weighted by Crippen LogP contribution is 2.34. The maximum atomic E-state index is 12.5. The van der Waals surface area contributed by atoms with Gasteiger partial charge in [0.15, 0.2) is 5.78 Å². The first-order valence-corrected chi connectivity index (χ1v) is 7.41. The lowest BCUT2D eigenvalue weighted by Crippen LogP contribution is -2.32. The fraction of sp³-hybridized carbons (Fsp3) is 0.471. The van der Waals surface area contributed by atoms with Gasteiger partial charge < -0.3 is 9.72 Å². The molecule has 0 saturated heterocycles. The Bertz CT molecular complexity index is 623. The summed E-state index contributed by atoms with van der Waals surface area (Å²) in [6, 6.07) is 8.02. The number of aromatic amines is 1. The van der Waals surface area contributed by atoms with Crippen molar-refractivity contribution in [1.82, 2.24) is 4.98 Å². The normalized spacial score (nSPS) is 21.9. The quantitative estimate of drug-likeness (QED) is 0.839. The third kappa shape index (κ3) is 2.38. The van der Waals surface area contributed by atoms with Crippen molar-refractivity contribution >= 4 is 16.7 Å². The van der Waals surface area contributed by atoms with E-state index in [-0.39, 0.29) is 5.78 Å². The summed E-state index contributed by atoms with van der Waals surface area (Å²) in [5.41, 5.74) is 2.91. The maximum absolute atomic E-state index is 12.5. The number of fused-ring (bicyclic) bond motifs is 1. The summed E-state index contributed by atoms with van der Waals surface area (Å²) in [7, 11) is 0. The average Bonchev–Trinajstić information content (AvgIpc) is 2.72. The first-order chi connectivity index (χ1) is 9.69. The molecule has 3 rings (SSSR count). The minimum absolute atomic E-state index is 0.264. The maximum Gasteiger partial charge on any atom is 0.165 e. The van der Waals surface area contributed by atoms with E-state index in [0.29, 0.717) is 18.4 Å². The molecular formula is C17H21NO2. The Morgan fingerprint density at radius 1 is 1.35 bits per heavy atom. The van der Waals surface area contributed by atoms with Crippen molar-refractivity contribution in [3.05, 3.63) is 35.5 Å². The van der Waals surface area contributed by atoms with Gasteiger partial charge in [-0.25, -0.2) is 0 Å². The van der Waals surface area contributed by atoms with Crippen LogP contribution in [0.25, 0.3) is 10.9 Å². The summed E-state index contributed by atoms with van der Waals surface area (Å²) >= 11 is 0. The molecule has 3 nitrogen and oxygen atoms in total. The molecular weight excluding hydrogens is 250 g/mol. The standard InChI is InChI=1S/C17H21NO2/c1-3-20-13-8-12(9-13)10-16(19)17-11(2)18-15-7-5-4-6-14(15)17/h4-7,12-13,18H,3,8-10H2,1-2H3. The monoisotopic (exact) mass is 271 g/mol. The zero-order chi connectivity index (χ0) is 14.1. The van der Waals surface area contributed by atoms with E-state index in [2.05, 4.69) is 4.98 Å². The van der Waals surface area contributed by atoms with E-state index in [1.807, 2.05) is 38.1 Å². The van der Waals surface area contributed by atoms with E-state index in [4.69, 9.17) is 4.74 Å². The van der Waals surface area contributed by atoms with Crippen LogP contribution in [0.1, 0.15) is 42.2 Å². The number of carbonyl (C=O) groups is 1. The summed E-state index contributed by atoms with van der Waals surface area (Å²) < 4.78 is 5.56. The minimum Gasteiger partial charge on any atom is -0.378 e. The van der Waals surface area contributed by atoms with Crippen LogP contribution in [0.15, 0.2) is 24.3 Å². The number of nitrogens with one attached hydrogen (secondary N) is 1. The number of carbonyl (C=O) groups excluding carboxylic acids is 1. The van der Waals surface area contributed by atoms with Crippen LogP contribution in [0.3, 0.4) is 0 Å². The van der Waals surface area contributed by atoms with E-state index in [1.165, 1.54) is 0 Å². The number of H-pyrrole nitrogens is 1.